The third-order valence-electron chi connectivity index (χ3n) is 13.2. The van der Waals surface area contributed by atoms with Crippen molar-refractivity contribution in [2.75, 3.05) is 6.61 Å². The summed E-state index contributed by atoms with van der Waals surface area (Å²) >= 11 is 0. The Labute approximate surface area is 202 Å². The third kappa shape index (κ3) is 2.91. The SMILES string of the molecule is CC1(C)C[C@@H](O)[C@]2(C)CC[C@]3(C)C(=CC[C@@H]4[C@@]5(C)CC[C@H](O)[C@](C)(CO)[C@H]5CC[C@]43C)[C@H]2C1. The molecule has 0 aliphatic heterocycles. The van der Waals surface area contributed by atoms with Gasteiger partial charge in [0.1, 0.15) is 0 Å². The number of fused-ring (bicyclic) bond motifs is 7. The fraction of sp³-hybridized carbons (Fsp3) is 0.933. The molecular weight excluding hydrogens is 408 g/mol. The topological polar surface area (TPSA) is 60.7 Å². The normalized spacial score (nSPS) is 57.8. The van der Waals surface area contributed by atoms with Gasteiger partial charge < -0.3 is 15.3 Å². The first-order valence-corrected chi connectivity index (χ1v) is 13.9. The predicted octanol–water partition coefficient (Wildman–Crippen LogP) is 6.11. The van der Waals surface area contributed by atoms with Gasteiger partial charge in [0.25, 0.3) is 0 Å². The van der Waals surface area contributed by atoms with Crippen LogP contribution in [0.5, 0.6) is 0 Å². The first-order chi connectivity index (χ1) is 15.2. The summed E-state index contributed by atoms with van der Waals surface area (Å²) in [4.78, 5) is 0. The highest BCUT2D eigenvalue weighted by atomic mass is 16.3. The molecule has 0 spiro atoms. The minimum Gasteiger partial charge on any atom is -0.396 e. The maximum Gasteiger partial charge on any atom is 0.0618 e. The van der Waals surface area contributed by atoms with E-state index in [1.54, 1.807) is 5.57 Å². The lowest BCUT2D eigenvalue weighted by atomic mass is 9.33. The summed E-state index contributed by atoms with van der Waals surface area (Å²) in [5, 5.41) is 32.6. The quantitative estimate of drug-likeness (QED) is 0.415. The van der Waals surface area contributed by atoms with Crippen molar-refractivity contribution < 1.29 is 15.3 Å². The summed E-state index contributed by atoms with van der Waals surface area (Å²) in [6, 6.07) is 0. The first-order valence-electron chi connectivity index (χ1n) is 13.9. The molecule has 0 aromatic rings. The molecule has 4 fully saturated rings. The number of hydrogen-bond donors (Lipinski definition) is 3. The average molecular weight is 459 g/mol. The monoisotopic (exact) mass is 458 g/mol. The Morgan fingerprint density at radius 1 is 0.788 bits per heavy atom. The second-order valence-corrected chi connectivity index (χ2v) is 15.2. The van der Waals surface area contributed by atoms with Crippen LogP contribution in [0, 0.1) is 50.2 Å². The molecule has 3 N–H and O–H groups in total. The van der Waals surface area contributed by atoms with Gasteiger partial charge in [-0.3, -0.25) is 0 Å². The van der Waals surface area contributed by atoms with Crippen molar-refractivity contribution in [2.24, 2.45) is 50.2 Å². The standard InChI is InChI=1S/C30H50O3/c1-25(2)16-20-19-8-9-22-27(4)12-11-23(32)28(5,18-31)21(27)10-13-30(22,7)29(19,6)15-14-26(20,3)24(33)17-25/h8,20-24,31-33H,9-18H2,1-7H3/t20-,21+,22-,23+,24-,26-,27+,28-,29-,30-/m1/s1. The molecule has 0 amide bonds. The molecule has 0 bridgehead atoms. The summed E-state index contributed by atoms with van der Waals surface area (Å²) in [6.07, 6.45) is 11.7. The van der Waals surface area contributed by atoms with Crippen LogP contribution < -0.4 is 0 Å². The van der Waals surface area contributed by atoms with Crippen molar-refractivity contribution in [1.82, 2.24) is 0 Å². The summed E-state index contributed by atoms with van der Waals surface area (Å²) < 4.78 is 0. The van der Waals surface area contributed by atoms with Crippen molar-refractivity contribution in [3.8, 4) is 0 Å². The molecule has 0 radical (unpaired) electrons. The van der Waals surface area contributed by atoms with E-state index in [0.29, 0.717) is 17.8 Å². The summed E-state index contributed by atoms with van der Waals surface area (Å²) in [7, 11) is 0. The van der Waals surface area contributed by atoms with Crippen LogP contribution >= 0.6 is 0 Å². The van der Waals surface area contributed by atoms with E-state index in [0.717, 1.165) is 38.5 Å². The Kier molecular flexibility index (Phi) is 5.23. The molecule has 3 nitrogen and oxygen atoms in total. The lowest BCUT2D eigenvalue weighted by molar-refractivity contribution is -0.218. The van der Waals surface area contributed by atoms with Crippen LogP contribution in [0.2, 0.25) is 0 Å². The smallest absolute Gasteiger partial charge is 0.0618 e. The minimum atomic E-state index is -0.392. The summed E-state index contributed by atoms with van der Waals surface area (Å²) in [6.45, 7) is 17.0. The van der Waals surface area contributed by atoms with Gasteiger partial charge in [-0.2, -0.15) is 0 Å². The van der Waals surface area contributed by atoms with E-state index in [1.165, 1.54) is 19.3 Å². The van der Waals surface area contributed by atoms with Crippen LogP contribution in [-0.4, -0.2) is 34.1 Å². The Balaban J connectivity index is 1.58. The molecule has 5 aliphatic rings. The zero-order chi connectivity index (χ0) is 24.2. The molecule has 0 saturated heterocycles. The van der Waals surface area contributed by atoms with Gasteiger partial charge in [0.15, 0.2) is 0 Å². The number of allylic oxidation sites excluding steroid dienone is 2. The first kappa shape index (κ1) is 24.3. The molecule has 0 aromatic heterocycles. The molecular formula is C30H50O3. The predicted molar refractivity (Wildman–Crippen MR) is 134 cm³/mol. The second kappa shape index (κ2) is 7.10. The molecule has 0 heterocycles. The van der Waals surface area contributed by atoms with E-state index >= 15 is 0 Å². The number of aliphatic hydroxyl groups is 3. The Morgan fingerprint density at radius 3 is 2.15 bits per heavy atom. The van der Waals surface area contributed by atoms with Crippen molar-refractivity contribution in [3.63, 3.8) is 0 Å². The highest BCUT2D eigenvalue weighted by molar-refractivity contribution is 5.34. The molecule has 10 atom stereocenters. The van der Waals surface area contributed by atoms with Crippen molar-refractivity contribution >= 4 is 0 Å². The van der Waals surface area contributed by atoms with E-state index in [2.05, 4.69) is 54.5 Å². The molecule has 0 aromatic carbocycles. The zero-order valence-electron chi connectivity index (χ0n) is 22.4. The van der Waals surface area contributed by atoms with Crippen LogP contribution in [0.25, 0.3) is 0 Å². The van der Waals surface area contributed by atoms with E-state index in [4.69, 9.17) is 0 Å². The largest absolute Gasteiger partial charge is 0.396 e. The fourth-order valence-corrected chi connectivity index (χ4v) is 10.7. The van der Waals surface area contributed by atoms with E-state index in [9.17, 15) is 15.3 Å². The second-order valence-electron chi connectivity index (χ2n) is 15.2. The molecule has 33 heavy (non-hydrogen) atoms. The lowest BCUT2D eigenvalue weighted by Crippen LogP contribution is -2.66. The van der Waals surface area contributed by atoms with Gasteiger partial charge in [0, 0.05) is 10.8 Å². The molecule has 3 heteroatoms. The zero-order valence-corrected chi connectivity index (χ0v) is 22.4. The van der Waals surface area contributed by atoms with Crippen molar-refractivity contribution in [2.45, 2.75) is 118 Å². The Hall–Kier alpha value is -0.380. The highest BCUT2D eigenvalue weighted by Crippen LogP contribution is 2.75. The van der Waals surface area contributed by atoms with Crippen molar-refractivity contribution in [1.29, 1.82) is 0 Å². The number of hydrogen-bond acceptors (Lipinski definition) is 3. The van der Waals surface area contributed by atoms with Gasteiger partial charge in [-0.1, -0.05) is 60.1 Å². The number of aliphatic hydroxyl groups excluding tert-OH is 3. The van der Waals surface area contributed by atoms with Gasteiger partial charge in [0.05, 0.1) is 18.8 Å². The Bertz CT molecular complexity index is 847. The third-order valence-corrected chi connectivity index (χ3v) is 13.2. The highest BCUT2D eigenvalue weighted by Gasteiger charge is 2.69. The van der Waals surface area contributed by atoms with Crippen LogP contribution in [0.1, 0.15) is 106 Å². The molecule has 0 unspecified atom stereocenters. The fourth-order valence-electron chi connectivity index (χ4n) is 10.7. The van der Waals surface area contributed by atoms with Crippen LogP contribution in [0.4, 0.5) is 0 Å². The Morgan fingerprint density at radius 2 is 1.48 bits per heavy atom. The minimum absolute atomic E-state index is 0.00950. The van der Waals surface area contributed by atoms with Crippen LogP contribution in [-0.2, 0) is 0 Å². The maximum absolute atomic E-state index is 11.3. The van der Waals surface area contributed by atoms with E-state index in [-0.39, 0.29) is 45.2 Å². The van der Waals surface area contributed by atoms with Crippen LogP contribution in [0.3, 0.4) is 0 Å². The van der Waals surface area contributed by atoms with Gasteiger partial charge in [-0.15, -0.1) is 0 Å². The molecule has 5 aliphatic carbocycles. The van der Waals surface area contributed by atoms with E-state index in [1.807, 2.05) is 0 Å². The van der Waals surface area contributed by atoms with Crippen molar-refractivity contribution in [3.05, 3.63) is 11.6 Å². The average Bonchev–Trinajstić information content (AvgIpc) is 2.73. The number of rotatable bonds is 1. The van der Waals surface area contributed by atoms with E-state index < -0.39 is 6.10 Å². The summed E-state index contributed by atoms with van der Waals surface area (Å²) in [5.41, 5.74) is 2.04. The van der Waals surface area contributed by atoms with Gasteiger partial charge in [-0.05, 0) is 97.2 Å². The van der Waals surface area contributed by atoms with Crippen LogP contribution in [0.15, 0.2) is 11.6 Å². The summed E-state index contributed by atoms with van der Waals surface area (Å²) in [5.74, 6) is 1.44. The molecule has 5 rings (SSSR count). The van der Waals surface area contributed by atoms with Gasteiger partial charge >= 0.3 is 0 Å². The lowest BCUT2D eigenvalue weighted by Gasteiger charge is -2.71. The molecule has 4 saturated carbocycles. The maximum atomic E-state index is 11.3. The molecule has 188 valence electrons. The van der Waals surface area contributed by atoms with Gasteiger partial charge in [0.2, 0.25) is 0 Å². The van der Waals surface area contributed by atoms with Gasteiger partial charge in [-0.25, -0.2) is 0 Å².